The second kappa shape index (κ2) is 10.9. The Kier molecular flexibility index (Phi) is 8.47. The van der Waals surface area contributed by atoms with Gasteiger partial charge in [-0.2, -0.15) is 0 Å². The molecule has 2 heterocycles. The van der Waals surface area contributed by atoms with Crippen molar-refractivity contribution >= 4 is 15.9 Å². The Balaban J connectivity index is 1.69. The molecule has 0 aromatic heterocycles. The summed E-state index contributed by atoms with van der Waals surface area (Å²) < 4.78 is 40.9. The summed E-state index contributed by atoms with van der Waals surface area (Å²) in [5.41, 5.74) is 0.536. The molecule has 0 unspecified atom stereocenters. The largest absolute Gasteiger partial charge is 0.335 e. The summed E-state index contributed by atoms with van der Waals surface area (Å²) in [6, 6.07) is 6.74. The summed E-state index contributed by atoms with van der Waals surface area (Å²) >= 11 is 0. The predicted octanol–water partition coefficient (Wildman–Crippen LogP) is 3.09. The lowest BCUT2D eigenvalue weighted by Crippen LogP contribution is -2.50. The van der Waals surface area contributed by atoms with Gasteiger partial charge in [0, 0.05) is 37.2 Å². The standard InChI is InChI=1S/C23H36FN3O3S/c1-3-4-17-31(29,30)26-15-9-19(10-16-26)23(28)27(21-11-13-25(2)14-12-21)18-20-7-5-6-8-22(20)24/h5-8,19,21H,3-4,9-18H2,1-2H3. The minimum absolute atomic E-state index is 0.0448. The molecule has 0 atom stereocenters. The van der Waals surface area contributed by atoms with E-state index in [1.165, 1.54) is 6.07 Å². The zero-order chi connectivity index (χ0) is 22.4. The highest BCUT2D eigenvalue weighted by Gasteiger charge is 2.36. The number of amides is 1. The highest BCUT2D eigenvalue weighted by Crippen LogP contribution is 2.27. The van der Waals surface area contributed by atoms with Crippen LogP contribution < -0.4 is 0 Å². The molecule has 174 valence electrons. The van der Waals surface area contributed by atoms with Crippen LogP contribution in [0.2, 0.25) is 0 Å². The van der Waals surface area contributed by atoms with Crippen LogP contribution in [0.15, 0.2) is 24.3 Å². The molecule has 3 rings (SSSR count). The van der Waals surface area contributed by atoms with Crippen molar-refractivity contribution in [3.8, 4) is 0 Å². The lowest BCUT2D eigenvalue weighted by atomic mass is 9.93. The summed E-state index contributed by atoms with van der Waals surface area (Å²) in [4.78, 5) is 17.7. The summed E-state index contributed by atoms with van der Waals surface area (Å²) in [5, 5.41) is 0. The first kappa shape index (κ1) is 24.1. The van der Waals surface area contributed by atoms with Gasteiger partial charge in [0.25, 0.3) is 0 Å². The van der Waals surface area contributed by atoms with Gasteiger partial charge in [0.1, 0.15) is 5.82 Å². The van der Waals surface area contributed by atoms with Crippen molar-refractivity contribution in [3.63, 3.8) is 0 Å². The molecule has 2 aliphatic rings. The zero-order valence-corrected chi connectivity index (χ0v) is 19.6. The van der Waals surface area contributed by atoms with Crippen LogP contribution >= 0.6 is 0 Å². The summed E-state index contributed by atoms with van der Waals surface area (Å²) in [6.45, 7) is 4.87. The van der Waals surface area contributed by atoms with Crippen molar-refractivity contribution in [2.75, 3.05) is 39.0 Å². The van der Waals surface area contributed by atoms with Crippen molar-refractivity contribution in [2.24, 2.45) is 5.92 Å². The Morgan fingerprint density at radius 2 is 1.74 bits per heavy atom. The molecular weight excluding hydrogens is 417 g/mol. The molecule has 2 fully saturated rings. The second-order valence-electron chi connectivity index (χ2n) is 8.93. The third-order valence-corrected chi connectivity index (χ3v) is 8.62. The minimum atomic E-state index is -3.24. The molecule has 1 aromatic rings. The number of carbonyl (C=O) groups excluding carboxylic acids is 1. The molecule has 0 aliphatic carbocycles. The van der Waals surface area contributed by atoms with Crippen LogP contribution in [-0.2, 0) is 21.4 Å². The van der Waals surface area contributed by atoms with E-state index >= 15 is 0 Å². The van der Waals surface area contributed by atoms with E-state index in [1.54, 1.807) is 22.5 Å². The number of rotatable bonds is 8. The number of sulfonamides is 1. The van der Waals surface area contributed by atoms with Gasteiger partial charge < -0.3 is 9.80 Å². The van der Waals surface area contributed by atoms with Crippen LogP contribution in [0.3, 0.4) is 0 Å². The second-order valence-corrected chi connectivity index (χ2v) is 11.0. The predicted molar refractivity (Wildman–Crippen MR) is 120 cm³/mol. The highest BCUT2D eigenvalue weighted by atomic mass is 32.2. The minimum Gasteiger partial charge on any atom is -0.335 e. The van der Waals surface area contributed by atoms with Gasteiger partial charge in [-0.15, -0.1) is 0 Å². The Hall–Kier alpha value is -1.51. The Labute approximate surface area is 186 Å². The van der Waals surface area contributed by atoms with Crippen LogP contribution in [0.5, 0.6) is 0 Å². The maximum atomic E-state index is 14.3. The van der Waals surface area contributed by atoms with Crippen molar-refractivity contribution in [2.45, 2.75) is 58.0 Å². The van der Waals surface area contributed by atoms with E-state index in [1.807, 2.05) is 11.8 Å². The quantitative estimate of drug-likeness (QED) is 0.607. The maximum Gasteiger partial charge on any atom is 0.226 e. The van der Waals surface area contributed by atoms with Gasteiger partial charge in [-0.3, -0.25) is 4.79 Å². The number of likely N-dealkylation sites (tertiary alicyclic amines) is 1. The number of unbranched alkanes of at least 4 members (excludes halogenated alkanes) is 1. The van der Waals surface area contributed by atoms with E-state index in [4.69, 9.17) is 0 Å². The fourth-order valence-corrected chi connectivity index (χ4v) is 6.25. The van der Waals surface area contributed by atoms with E-state index in [-0.39, 0.29) is 36.0 Å². The summed E-state index contributed by atoms with van der Waals surface area (Å²) in [6.07, 6.45) is 4.32. The first-order valence-electron chi connectivity index (χ1n) is 11.5. The maximum absolute atomic E-state index is 14.3. The van der Waals surface area contributed by atoms with Crippen LogP contribution in [0.4, 0.5) is 4.39 Å². The van der Waals surface area contributed by atoms with E-state index in [0.717, 1.165) is 32.4 Å². The molecule has 8 heteroatoms. The van der Waals surface area contributed by atoms with Crippen molar-refractivity contribution in [3.05, 3.63) is 35.6 Å². The van der Waals surface area contributed by atoms with E-state index in [9.17, 15) is 17.6 Å². The SMILES string of the molecule is CCCCS(=O)(=O)N1CCC(C(=O)N(Cc2ccccc2F)C2CCN(C)CC2)CC1. The average Bonchev–Trinajstić information content (AvgIpc) is 2.77. The van der Waals surface area contributed by atoms with Crippen LogP contribution in [-0.4, -0.2) is 73.5 Å². The molecule has 0 spiro atoms. The molecule has 6 nitrogen and oxygen atoms in total. The molecular formula is C23H36FN3O3S. The number of hydrogen-bond donors (Lipinski definition) is 0. The third kappa shape index (κ3) is 6.26. The van der Waals surface area contributed by atoms with Crippen molar-refractivity contribution in [1.82, 2.24) is 14.1 Å². The molecule has 31 heavy (non-hydrogen) atoms. The van der Waals surface area contributed by atoms with Gasteiger partial charge in [0.2, 0.25) is 15.9 Å². The van der Waals surface area contributed by atoms with Gasteiger partial charge in [-0.05, 0) is 58.3 Å². The number of hydrogen-bond acceptors (Lipinski definition) is 4. The lowest BCUT2D eigenvalue weighted by Gasteiger charge is -2.40. The zero-order valence-electron chi connectivity index (χ0n) is 18.8. The van der Waals surface area contributed by atoms with Gasteiger partial charge >= 0.3 is 0 Å². The number of piperidine rings is 2. The number of benzene rings is 1. The molecule has 0 N–H and O–H groups in total. The molecule has 1 aromatic carbocycles. The first-order valence-corrected chi connectivity index (χ1v) is 13.1. The monoisotopic (exact) mass is 453 g/mol. The van der Waals surface area contributed by atoms with Crippen LogP contribution in [0.25, 0.3) is 0 Å². The van der Waals surface area contributed by atoms with Gasteiger partial charge in [-0.1, -0.05) is 31.5 Å². The summed E-state index contributed by atoms with van der Waals surface area (Å²) in [5.74, 6) is -0.269. The number of nitrogens with zero attached hydrogens (tertiary/aromatic N) is 3. The molecule has 2 aliphatic heterocycles. The topological polar surface area (TPSA) is 60.9 Å². The van der Waals surface area contributed by atoms with E-state index in [0.29, 0.717) is 37.9 Å². The van der Waals surface area contributed by atoms with Crippen molar-refractivity contribution < 1.29 is 17.6 Å². The van der Waals surface area contributed by atoms with Gasteiger partial charge in [0.05, 0.1) is 5.75 Å². The molecule has 1 amide bonds. The Morgan fingerprint density at radius 1 is 1.10 bits per heavy atom. The average molecular weight is 454 g/mol. The first-order chi connectivity index (χ1) is 14.8. The fraction of sp³-hybridized carbons (Fsp3) is 0.696. The Bertz CT molecular complexity index is 832. The van der Waals surface area contributed by atoms with E-state index < -0.39 is 10.0 Å². The number of carbonyl (C=O) groups is 1. The van der Waals surface area contributed by atoms with Crippen LogP contribution in [0.1, 0.15) is 51.0 Å². The van der Waals surface area contributed by atoms with E-state index in [2.05, 4.69) is 11.9 Å². The number of halogens is 1. The lowest BCUT2D eigenvalue weighted by molar-refractivity contribution is -0.141. The third-order valence-electron chi connectivity index (χ3n) is 6.66. The normalized spacial score (nSPS) is 20.1. The summed E-state index contributed by atoms with van der Waals surface area (Å²) in [7, 11) is -1.16. The Morgan fingerprint density at radius 3 is 2.35 bits per heavy atom. The van der Waals surface area contributed by atoms with Gasteiger partial charge in [-0.25, -0.2) is 17.1 Å². The molecule has 2 saturated heterocycles. The van der Waals surface area contributed by atoms with Crippen molar-refractivity contribution in [1.29, 1.82) is 0 Å². The molecule has 0 radical (unpaired) electrons. The van der Waals surface area contributed by atoms with Crippen LogP contribution in [0, 0.1) is 11.7 Å². The molecule has 0 bridgehead atoms. The fourth-order valence-electron chi connectivity index (χ4n) is 4.58. The highest BCUT2D eigenvalue weighted by molar-refractivity contribution is 7.89. The molecule has 0 saturated carbocycles. The smallest absolute Gasteiger partial charge is 0.226 e. The van der Waals surface area contributed by atoms with Gasteiger partial charge in [0.15, 0.2) is 0 Å².